The van der Waals surface area contributed by atoms with Gasteiger partial charge in [0.15, 0.2) is 0 Å². The Balaban J connectivity index is 2.84. The Morgan fingerprint density at radius 3 is 2.55 bits per heavy atom. The van der Waals surface area contributed by atoms with Crippen molar-refractivity contribution >= 4 is 28.2 Å². The first-order valence-electron chi connectivity index (χ1n) is 6.80. The molecule has 1 N–H and O–H groups in total. The highest BCUT2D eigenvalue weighted by molar-refractivity contribution is 6.36. The molecule has 108 valence electrons. The standard InChI is InChI=1S/C16H21ClN2O/c1-6-18-11-9-13(16(2,3)4)19-15-12(20-5)8-7-10(17)14(11)15/h7-9H,6H2,1-5H3,(H,18,19). The fourth-order valence-electron chi connectivity index (χ4n) is 2.16. The molecule has 1 heterocycles. The van der Waals surface area contributed by atoms with Crippen molar-refractivity contribution in [2.24, 2.45) is 0 Å². The van der Waals surface area contributed by atoms with Crippen molar-refractivity contribution in [1.29, 1.82) is 0 Å². The quantitative estimate of drug-likeness (QED) is 0.896. The molecule has 2 aromatic rings. The average Bonchev–Trinajstić information content (AvgIpc) is 2.38. The van der Waals surface area contributed by atoms with Crippen molar-refractivity contribution < 1.29 is 4.74 Å². The maximum absolute atomic E-state index is 6.36. The number of halogens is 1. The summed E-state index contributed by atoms with van der Waals surface area (Å²) in [6, 6.07) is 5.79. The molecule has 0 saturated carbocycles. The lowest BCUT2D eigenvalue weighted by molar-refractivity contribution is 0.418. The molecule has 4 heteroatoms. The zero-order valence-corrected chi connectivity index (χ0v) is 13.4. The summed E-state index contributed by atoms with van der Waals surface area (Å²) in [6.07, 6.45) is 0. The minimum absolute atomic E-state index is 0.0360. The number of pyridine rings is 1. The molecule has 0 bridgehead atoms. The van der Waals surface area contributed by atoms with E-state index < -0.39 is 0 Å². The molecule has 20 heavy (non-hydrogen) atoms. The molecule has 0 aliphatic heterocycles. The van der Waals surface area contributed by atoms with Gasteiger partial charge in [-0.05, 0) is 25.1 Å². The summed E-state index contributed by atoms with van der Waals surface area (Å²) >= 11 is 6.36. The molecule has 1 aromatic carbocycles. The van der Waals surface area contributed by atoms with E-state index in [1.165, 1.54) is 0 Å². The normalized spacial score (nSPS) is 11.7. The smallest absolute Gasteiger partial charge is 0.145 e. The van der Waals surface area contributed by atoms with E-state index in [0.717, 1.165) is 34.6 Å². The maximum atomic E-state index is 6.36. The van der Waals surface area contributed by atoms with E-state index in [-0.39, 0.29) is 5.41 Å². The van der Waals surface area contributed by atoms with Gasteiger partial charge in [-0.15, -0.1) is 0 Å². The number of anilines is 1. The molecular weight excluding hydrogens is 272 g/mol. The van der Waals surface area contributed by atoms with E-state index in [4.69, 9.17) is 21.3 Å². The number of nitrogens with one attached hydrogen (secondary N) is 1. The highest BCUT2D eigenvalue weighted by Crippen LogP contribution is 2.37. The van der Waals surface area contributed by atoms with Crippen LogP contribution < -0.4 is 10.1 Å². The highest BCUT2D eigenvalue weighted by Gasteiger charge is 2.20. The summed E-state index contributed by atoms with van der Waals surface area (Å²) in [5.74, 6) is 0.745. The summed E-state index contributed by atoms with van der Waals surface area (Å²) in [7, 11) is 1.65. The van der Waals surface area contributed by atoms with Gasteiger partial charge in [-0.25, -0.2) is 4.98 Å². The Kier molecular flexibility index (Phi) is 4.09. The van der Waals surface area contributed by atoms with E-state index in [1.54, 1.807) is 7.11 Å². The molecule has 0 amide bonds. The van der Waals surface area contributed by atoms with E-state index in [1.807, 2.05) is 12.1 Å². The second-order valence-corrected chi connectivity index (χ2v) is 6.22. The molecule has 0 atom stereocenters. The summed E-state index contributed by atoms with van der Waals surface area (Å²) in [6.45, 7) is 9.34. The topological polar surface area (TPSA) is 34.2 Å². The average molecular weight is 293 g/mol. The number of hydrogen-bond donors (Lipinski definition) is 1. The first kappa shape index (κ1) is 14.9. The van der Waals surface area contributed by atoms with Gasteiger partial charge in [-0.3, -0.25) is 0 Å². The number of benzene rings is 1. The number of methoxy groups -OCH3 is 1. The molecule has 0 spiro atoms. The lowest BCUT2D eigenvalue weighted by Crippen LogP contribution is -2.14. The van der Waals surface area contributed by atoms with Crippen molar-refractivity contribution in [2.75, 3.05) is 19.0 Å². The molecule has 0 aliphatic rings. The predicted molar refractivity (Wildman–Crippen MR) is 86.2 cm³/mol. The van der Waals surface area contributed by atoms with Gasteiger partial charge in [0.2, 0.25) is 0 Å². The number of fused-ring (bicyclic) bond motifs is 1. The minimum Gasteiger partial charge on any atom is -0.494 e. The van der Waals surface area contributed by atoms with Crippen LogP contribution in [0.2, 0.25) is 5.02 Å². The Bertz CT molecular complexity index is 632. The van der Waals surface area contributed by atoms with Gasteiger partial charge in [0, 0.05) is 28.7 Å². The molecule has 0 aliphatic carbocycles. The SMILES string of the molecule is CCNc1cc(C(C)(C)C)nc2c(OC)ccc(Cl)c12. The van der Waals surface area contributed by atoms with Crippen LogP contribution in [0, 0.1) is 0 Å². The summed E-state index contributed by atoms with van der Waals surface area (Å²) in [4.78, 5) is 4.77. The minimum atomic E-state index is -0.0360. The van der Waals surface area contributed by atoms with Crippen LogP contribution >= 0.6 is 11.6 Å². The highest BCUT2D eigenvalue weighted by atomic mass is 35.5. The lowest BCUT2D eigenvalue weighted by Gasteiger charge is -2.21. The van der Waals surface area contributed by atoms with Crippen LogP contribution in [0.15, 0.2) is 18.2 Å². The molecule has 0 fully saturated rings. The van der Waals surface area contributed by atoms with Crippen LogP contribution in [0.5, 0.6) is 5.75 Å². The second-order valence-electron chi connectivity index (χ2n) is 5.81. The van der Waals surface area contributed by atoms with Crippen molar-refractivity contribution in [3.63, 3.8) is 0 Å². The van der Waals surface area contributed by atoms with Crippen molar-refractivity contribution in [3.8, 4) is 5.75 Å². The van der Waals surface area contributed by atoms with E-state index in [2.05, 4.69) is 39.1 Å². The fourth-order valence-corrected chi connectivity index (χ4v) is 2.41. The van der Waals surface area contributed by atoms with Crippen LogP contribution in [0.4, 0.5) is 5.69 Å². The Morgan fingerprint density at radius 2 is 2.00 bits per heavy atom. The van der Waals surface area contributed by atoms with Crippen LogP contribution in [-0.4, -0.2) is 18.6 Å². The summed E-state index contributed by atoms with van der Waals surface area (Å²) in [5, 5.41) is 4.98. The maximum Gasteiger partial charge on any atom is 0.145 e. The third kappa shape index (κ3) is 2.68. The number of rotatable bonds is 3. The van der Waals surface area contributed by atoms with Crippen molar-refractivity contribution in [3.05, 3.63) is 28.9 Å². The van der Waals surface area contributed by atoms with Gasteiger partial charge < -0.3 is 10.1 Å². The zero-order valence-electron chi connectivity index (χ0n) is 12.7. The Morgan fingerprint density at radius 1 is 1.30 bits per heavy atom. The van der Waals surface area contributed by atoms with Crippen molar-refractivity contribution in [2.45, 2.75) is 33.1 Å². The Labute approximate surface area is 125 Å². The third-order valence-electron chi connectivity index (χ3n) is 3.23. The van der Waals surface area contributed by atoms with Crippen LogP contribution in [0.3, 0.4) is 0 Å². The number of nitrogens with zero attached hydrogens (tertiary/aromatic N) is 1. The second kappa shape index (κ2) is 5.49. The van der Waals surface area contributed by atoms with Gasteiger partial charge in [0.1, 0.15) is 11.3 Å². The van der Waals surface area contributed by atoms with Crippen LogP contribution in [0.1, 0.15) is 33.4 Å². The largest absolute Gasteiger partial charge is 0.494 e. The van der Waals surface area contributed by atoms with Gasteiger partial charge in [-0.2, -0.15) is 0 Å². The van der Waals surface area contributed by atoms with Crippen LogP contribution in [-0.2, 0) is 5.41 Å². The zero-order chi connectivity index (χ0) is 14.9. The van der Waals surface area contributed by atoms with Gasteiger partial charge >= 0.3 is 0 Å². The number of aromatic nitrogens is 1. The molecule has 3 nitrogen and oxygen atoms in total. The van der Waals surface area contributed by atoms with E-state index >= 15 is 0 Å². The number of hydrogen-bond acceptors (Lipinski definition) is 3. The third-order valence-corrected chi connectivity index (χ3v) is 3.54. The van der Waals surface area contributed by atoms with Gasteiger partial charge in [0.05, 0.1) is 12.1 Å². The van der Waals surface area contributed by atoms with Crippen molar-refractivity contribution in [1.82, 2.24) is 4.98 Å². The van der Waals surface area contributed by atoms with Gasteiger partial charge in [-0.1, -0.05) is 32.4 Å². The van der Waals surface area contributed by atoms with Crippen LogP contribution in [0.25, 0.3) is 10.9 Å². The monoisotopic (exact) mass is 292 g/mol. The van der Waals surface area contributed by atoms with E-state index in [0.29, 0.717) is 5.02 Å². The molecule has 2 rings (SSSR count). The lowest BCUT2D eigenvalue weighted by atomic mass is 9.90. The van der Waals surface area contributed by atoms with E-state index in [9.17, 15) is 0 Å². The molecule has 0 radical (unpaired) electrons. The summed E-state index contributed by atoms with van der Waals surface area (Å²) < 4.78 is 5.43. The number of ether oxygens (including phenoxy) is 1. The fraction of sp³-hybridized carbons (Fsp3) is 0.438. The molecule has 0 unspecified atom stereocenters. The molecular formula is C16H21ClN2O. The predicted octanol–water partition coefficient (Wildman–Crippen LogP) is 4.63. The first-order valence-corrected chi connectivity index (χ1v) is 7.18. The molecule has 1 aromatic heterocycles. The Hall–Kier alpha value is -1.48. The van der Waals surface area contributed by atoms with Gasteiger partial charge in [0.25, 0.3) is 0 Å². The summed E-state index contributed by atoms with van der Waals surface area (Å²) in [5.41, 5.74) is 2.79. The first-order chi connectivity index (χ1) is 9.38. The molecule has 0 saturated heterocycles.